The summed E-state index contributed by atoms with van der Waals surface area (Å²) in [5.74, 6) is 0.859. The zero-order valence-corrected chi connectivity index (χ0v) is 13.9. The Balaban J connectivity index is 2.46. The molecule has 0 fully saturated rings. The van der Waals surface area contributed by atoms with Crippen molar-refractivity contribution in [3.05, 3.63) is 37.8 Å². The van der Waals surface area contributed by atoms with Crippen LogP contribution in [0.2, 0.25) is 0 Å². The minimum Gasteiger partial charge on any atom is -0.495 e. The van der Waals surface area contributed by atoms with Crippen LogP contribution in [0.1, 0.15) is 30.5 Å². The Bertz CT molecular complexity index is 594. The Labute approximate surface area is 124 Å². The second-order valence-electron chi connectivity index (χ2n) is 5.19. The zero-order chi connectivity index (χ0) is 13.3. The van der Waals surface area contributed by atoms with Crippen molar-refractivity contribution in [1.82, 2.24) is 0 Å². The molecule has 0 N–H and O–H groups in total. The van der Waals surface area contributed by atoms with Crippen LogP contribution in [0, 0.1) is 6.92 Å². The van der Waals surface area contributed by atoms with Gasteiger partial charge in [-0.2, -0.15) is 0 Å². The molecular weight excluding hydrogens is 360 g/mol. The number of ether oxygens (including phenoxy) is 2. The highest BCUT2D eigenvalue weighted by atomic mass is 79.9. The molecular formula is C14H14Br2O2. The Kier molecular flexibility index (Phi) is 2.55. The molecule has 0 saturated heterocycles. The third kappa shape index (κ3) is 1.32. The van der Waals surface area contributed by atoms with Gasteiger partial charge in [0.15, 0.2) is 0 Å². The van der Waals surface area contributed by atoms with Crippen LogP contribution < -0.4 is 4.74 Å². The molecule has 2 atom stereocenters. The van der Waals surface area contributed by atoms with Crippen LogP contribution in [0.5, 0.6) is 5.75 Å². The molecule has 2 aliphatic rings. The van der Waals surface area contributed by atoms with Gasteiger partial charge in [-0.25, -0.2) is 0 Å². The van der Waals surface area contributed by atoms with E-state index in [-0.39, 0.29) is 11.2 Å². The standard InChI is InChI=1S/C14H14Br2O2/c1-7-8-9(12(17-4)11(16)10(7)15)14(3)6-5-13(8,2)18-14/h5-6H,1-4H3/t13-,14-/m1/s1. The van der Waals surface area contributed by atoms with Gasteiger partial charge in [0.05, 0.1) is 11.6 Å². The van der Waals surface area contributed by atoms with E-state index in [0.717, 1.165) is 20.3 Å². The summed E-state index contributed by atoms with van der Waals surface area (Å²) in [4.78, 5) is 0. The lowest BCUT2D eigenvalue weighted by Gasteiger charge is -2.24. The van der Waals surface area contributed by atoms with Gasteiger partial charge in [-0.05, 0) is 70.3 Å². The van der Waals surface area contributed by atoms with Crippen molar-refractivity contribution in [2.45, 2.75) is 32.0 Å². The molecule has 0 radical (unpaired) electrons. The Morgan fingerprint density at radius 3 is 2.17 bits per heavy atom. The number of rotatable bonds is 1. The first-order valence-electron chi connectivity index (χ1n) is 5.81. The number of hydrogen-bond donors (Lipinski definition) is 0. The van der Waals surface area contributed by atoms with Gasteiger partial charge >= 0.3 is 0 Å². The van der Waals surface area contributed by atoms with Gasteiger partial charge < -0.3 is 9.47 Å². The summed E-state index contributed by atoms with van der Waals surface area (Å²) >= 11 is 7.24. The molecule has 2 bridgehead atoms. The summed E-state index contributed by atoms with van der Waals surface area (Å²) in [5.41, 5.74) is 2.84. The molecule has 0 amide bonds. The smallest absolute Gasteiger partial charge is 0.141 e. The lowest BCUT2D eigenvalue weighted by molar-refractivity contribution is -0.0501. The zero-order valence-electron chi connectivity index (χ0n) is 10.7. The van der Waals surface area contributed by atoms with Gasteiger partial charge in [0.25, 0.3) is 0 Å². The van der Waals surface area contributed by atoms with Gasteiger partial charge in [-0.3, -0.25) is 0 Å². The number of hydrogen-bond acceptors (Lipinski definition) is 2. The second kappa shape index (κ2) is 3.62. The van der Waals surface area contributed by atoms with Crippen LogP contribution >= 0.6 is 31.9 Å². The molecule has 2 heterocycles. The van der Waals surface area contributed by atoms with E-state index < -0.39 is 0 Å². The van der Waals surface area contributed by atoms with E-state index in [1.54, 1.807) is 7.11 Å². The SMILES string of the molecule is COc1c(Br)c(Br)c(C)c2c1[C@@]1(C)C=C[C@@]2(C)O1. The van der Waals surface area contributed by atoms with Gasteiger partial charge in [0.1, 0.15) is 17.0 Å². The van der Waals surface area contributed by atoms with E-state index >= 15 is 0 Å². The third-order valence-corrected chi connectivity index (χ3v) is 6.19. The maximum Gasteiger partial charge on any atom is 0.141 e. The van der Waals surface area contributed by atoms with Crippen LogP contribution in [-0.4, -0.2) is 7.11 Å². The Morgan fingerprint density at radius 1 is 1.06 bits per heavy atom. The number of fused-ring (bicyclic) bond motifs is 5. The minimum absolute atomic E-state index is 0.343. The third-order valence-electron chi connectivity index (χ3n) is 3.91. The van der Waals surface area contributed by atoms with Crippen LogP contribution in [-0.2, 0) is 15.9 Å². The van der Waals surface area contributed by atoms with Crippen LogP contribution in [0.4, 0.5) is 0 Å². The van der Waals surface area contributed by atoms with Crippen molar-refractivity contribution in [2.75, 3.05) is 7.11 Å². The molecule has 0 saturated carbocycles. The molecule has 0 spiro atoms. The average Bonchev–Trinajstić information content (AvgIpc) is 2.74. The fourth-order valence-corrected chi connectivity index (χ4v) is 4.20. The van der Waals surface area contributed by atoms with E-state index in [4.69, 9.17) is 9.47 Å². The molecule has 4 heteroatoms. The molecule has 3 rings (SSSR count). The molecule has 0 aromatic heterocycles. The summed E-state index contributed by atoms with van der Waals surface area (Å²) in [5, 5.41) is 0. The molecule has 18 heavy (non-hydrogen) atoms. The van der Waals surface area contributed by atoms with E-state index in [9.17, 15) is 0 Å². The summed E-state index contributed by atoms with van der Waals surface area (Å²) in [6.07, 6.45) is 4.26. The van der Waals surface area contributed by atoms with Crippen molar-refractivity contribution in [3.63, 3.8) is 0 Å². The van der Waals surface area contributed by atoms with Gasteiger partial charge in [0, 0.05) is 15.6 Å². The number of benzene rings is 1. The normalized spacial score (nSPS) is 31.9. The van der Waals surface area contributed by atoms with Crippen LogP contribution in [0.3, 0.4) is 0 Å². The molecule has 1 aromatic rings. The van der Waals surface area contributed by atoms with Crippen molar-refractivity contribution in [1.29, 1.82) is 0 Å². The highest BCUT2D eigenvalue weighted by Crippen LogP contribution is 2.60. The van der Waals surface area contributed by atoms with Crippen LogP contribution in [0.25, 0.3) is 0 Å². The first kappa shape index (κ1) is 12.7. The maximum atomic E-state index is 6.22. The van der Waals surface area contributed by atoms with Crippen molar-refractivity contribution < 1.29 is 9.47 Å². The molecule has 0 unspecified atom stereocenters. The van der Waals surface area contributed by atoms with Crippen molar-refractivity contribution >= 4 is 31.9 Å². The minimum atomic E-state index is -0.386. The van der Waals surface area contributed by atoms with E-state index in [0.29, 0.717) is 0 Å². The van der Waals surface area contributed by atoms with Gasteiger partial charge in [-0.15, -0.1) is 0 Å². The first-order chi connectivity index (χ1) is 8.34. The lowest BCUT2D eigenvalue weighted by atomic mass is 9.80. The topological polar surface area (TPSA) is 18.5 Å². The summed E-state index contributed by atoms with van der Waals surface area (Å²) < 4.78 is 13.8. The number of methoxy groups -OCH3 is 1. The van der Waals surface area contributed by atoms with Gasteiger partial charge in [0.2, 0.25) is 0 Å². The predicted molar refractivity (Wildman–Crippen MR) is 78.1 cm³/mol. The summed E-state index contributed by atoms with van der Waals surface area (Å²) in [7, 11) is 1.70. The second-order valence-corrected chi connectivity index (χ2v) is 6.77. The van der Waals surface area contributed by atoms with E-state index in [2.05, 4.69) is 64.8 Å². The monoisotopic (exact) mass is 372 g/mol. The predicted octanol–water partition coefficient (Wildman–Crippen LogP) is 4.56. The Hall–Kier alpha value is -0.320. The van der Waals surface area contributed by atoms with Gasteiger partial charge in [-0.1, -0.05) is 0 Å². The highest BCUT2D eigenvalue weighted by molar-refractivity contribution is 9.13. The lowest BCUT2D eigenvalue weighted by Crippen LogP contribution is -2.17. The van der Waals surface area contributed by atoms with E-state index in [1.807, 2.05) is 0 Å². The van der Waals surface area contributed by atoms with Crippen molar-refractivity contribution in [2.24, 2.45) is 0 Å². The van der Waals surface area contributed by atoms with Crippen molar-refractivity contribution in [3.8, 4) is 5.75 Å². The number of halogens is 2. The Morgan fingerprint density at radius 2 is 1.61 bits per heavy atom. The molecule has 1 aromatic carbocycles. The first-order valence-corrected chi connectivity index (χ1v) is 7.40. The maximum absolute atomic E-state index is 6.22. The fraction of sp³-hybridized carbons (Fsp3) is 0.429. The quantitative estimate of drug-likeness (QED) is 0.672. The van der Waals surface area contributed by atoms with Crippen LogP contribution in [0.15, 0.2) is 21.1 Å². The summed E-state index contributed by atoms with van der Waals surface area (Å²) in [6.45, 7) is 6.30. The highest BCUT2D eigenvalue weighted by Gasteiger charge is 2.54. The largest absolute Gasteiger partial charge is 0.495 e. The fourth-order valence-electron chi connectivity index (χ4n) is 3.17. The van der Waals surface area contributed by atoms with E-state index in [1.165, 1.54) is 11.1 Å². The summed E-state index contributed by atoms with van der Waals surface area (Å²) in [6, 6.07) is 0. The average molecular weight is 374 g/mol. The molecule has 2 nitrogen and oxygen atoms in total. The molecule has 2 aliphatic heterocycles. The molecule has 0 aliphatic carbocycles. The molecule has 96 valence electrons.